The van der Waals surface area contributed by atoms with Crippen LogP contribution in [-0.2, 0) is 14.9 Å². The van der Waals surface area contributed by atoms with Crippen LogP contribution in [0.15, 0.2) is 24.3 Å². The van der Waals surface area contributed by atoms with E-state index in [0.717, 1.165) is 10.5 Å². The van der Waals surface area contributed by atoms with Crippen molar-refractivity contribution in [2.24, 2.45) is 0 Å². The highest BCUT2D eigenvalue weighted by Crippen LogP contribution is 2.26. The van der Waals surface area contributed by atoms with Crippen LogP contribution >= 0.6 is 0 Å². The summed E-state index contributed by atoms with van der Waals surface area (Å²) in [6.45, 7) is 6.52. The number of morpholine rings is 1. The maximum atomic E-state index is 14.2. The molecule has 2 rings (SSSR count). The van der Waals surface area contributed by atoms with Crippen LogP contribution in [0.2, 0.25) is 0 Å². The number of ketones is 1. The zero-order valence-corrected chi connectivity index (χ0v) is 13.6. The first kappa shape index (κ1) is 17.5. The van der Waals surface area contributed by atoms with Gasteiger partial charge in [-0.25, -0.2) is 0 Å². The highest BCUT2D eigenvalue weighted by atomic mass is 19.3. The van der Waals surface area contributed by atoms with E-state index in [0.29, 0.717) is 0 Å². The second-order valence-corrected chi connectivity index (χ2v) is 6.64. The Bertz CT molecular complexity index is 585. The van der Waals surface area contributed by atoms with E-state index in [1.54, 1.807) is 12.1 Å². The van der Waals surface area contributed by atoms with E-state index in [4.69, 9.17) is 4.74 Å². The van der Waals surface area contributed by atoms with Crippen LogP contribution in [0.4, 0.5) is 8.78 Å². The molecule has 126 valence electrons. The Hall–Kier alpha value is -1.82. The van der Waals surface area contributed by atoms with Crippen molar-refractivity contribution in [2.45, 2.75) is 32.1 Å². The number of rotatable bonds is 3. The molecule has 0 aromatic heterocycles. The lowest BCUT2D eigenvalue weighted by molar-refractivity contribution is -0.154. The summed E-state index contributed by atoms with van der Waals surface area (Å²) in [6, 6.07) is 5.98. The minimum absolute atomic E-state index is 0.0741. The van der Waals surface area contributed by atoms with Crippen molar-refractivity contribution in [1.29, 1.82) is 0 Å². The number of Topliss-reactive ketones (excluding diaryl/α,β-unsaturated/α-hetero) is 1. The van der Waals surface area contributed by atoms with Gasteiger partial charge in [-0.1, -0.05) is 45.0 Å². The van der Waals surface area contributed by atoms with Crippen LogP contribution in [0, 0.1) is 0 Å². The van der Waals surface area contributed by atoms with Crippen molar-refractivity contribution >= 4 is 11.7 Å². The molecule has 6 heteroatoms. The van der Waals surface area contributed by atoms with Crippen molar-refractivity contribution in [3.8, 4) is 0 Å². The number of nitrogens with zero attached hydrogens (tertiary/aromatic N) is 1. The van der Waals surface area contributed by atoms with Crippen molar-refractivity contribution < 1.29 is 23.1 Å². The van der Waals surface area contributed by atoms with Gasteiger partial charge < -0.3 is 9.64 Å². The van der Waals surface area contributed by atoms with E-state index < -0.39 is 17.6 Å². The molecular formula is C17H21F2NO3. The van der Waals surface area contributed by atoms with Crippen LogP contribution in [0.25, 0.3) is 0 Å². The minimum Gasteiger partial charge on any atom is -0.378 e. The van der Waals surface area contributed by atoms with E-state index in [1.165, 1.54) is 12.1 Å². The monoisotopic (exact) mass is 325 g/mol. The Morgan fingerprint density at radius 3 is 2.04 bits per heavy atom. The molecule has 1 amide bonds. The Labute approximate surface area is 134 Å². The summed E-state index contributed by atoms with van der Waals surface area (Å²) in [5.41, 5.74) is 0.620. The van der Waals surface area contributed by atoms with Crippen molar-refractivity contribution in [3.63, 3.8) is 0 Å². The third kappa shape index (κ3) is 3.75. The van der Waals surface area contributed by atoms with Crippen LogP contribution in [-0.4, -0.2) is 48.8 Å². The van der Waals surface area contributed by atoms with Crippen LogP contribution in [0.5, 0.6) is 0 Å². The quantitative estimate of drug-likeness (QED) is 0.634. The number of hydrogen-bond donors (Lipinski definition) is 0. The third-order valence-electron chi connectivity index (χ3n) is 3.87. The lowest BCUT2D eigenvalue weighted by Crippen LogP contribution is -2.52. The number of hydrogen-bond acceptors (Lipinski definition) is 3. The van der Waals surface area contributed by atoms with Crippen LogP contribution in [0.1, 0.15) is 36.7 Å². The first-order valence-electron chi connectivity index (χ1n) is 7.54. The van der Waals surface area contributed by atoms with Gasteiger partial charge in [0.25, 0.3) is 0 Å². The van der Waals surface area contributed by atoms with Gasteiger partial charge in [-0.05, 0) is 11.0 Å². The Morgan fingerprint density at radius 1 is 1.04 bits per heavy atom. The van der Waals surface area contributed by atoms with Gasteiger partial charge >= 0.3 is 11.8 Å². The first-order chi connectivity index (χ1) is 10.6. The number of halogens is 2. The molecule has 1 aliphatic rings. The first-order valence-corrected chi connectivity index (χ1v) is 7.54. The summed E-state index contributed by atoms with van der Waals surface area (Å²) in [6.07, 6.45) is 0. The summed E-state index contributed by atoms with van der Waals surface area (Å²) in [5.74, 6) is -6.97. The smallest absolute Gasteiger partial charge is 0.378 e. The van der Waals surface area contributed by atoms with E-state index in [2.05, 4.69) is 0 Å². The van der Waals surface area contributed by atoms with Gasteiger partial charge in [-0.15, -0.1) is 0 Å². The normalized spacial score (nSPS) is 16.3. The number of carbonyl (C=O) groups excluding carboxylic acids is 2. The molecule has 23 heavy (non-hydrogen) atoms. The lowest BCUT2D eigenvalue weighted by Gasteiger charge is -2.29. The fourth-order valence-electron chi connectivity index (χ4n) is 2.37. The summed E-state index contributed by atoms with van der Waals surface area (Å²) in [5, 5.41) is 0. The molecule has 0 atom stereocenters. The van der Waals surface area contributed by atoms with Crippen molar-refractivity contribution in [3.05, 3.63) is 35.4 Å². The number of ether oxygens (including phenoxy) is 1. The van der Waals surface area contributed by atoms with E-state index in [1.807, 2.05) is 20.8 Å². The van der Waals surface area contributed by atoms with Gasteiger partial charge in [-0.2, -0.15) is 8.78 Å². The third-order valence-corrected chi connectivity index (χ3v) is 3.87. The largest absolute Gasteiger partial charge is 0.386 e. The van der Waals surface area contributed by atoms with Gasteiger partial charge in [0.15, 0.2) is 0 Å². The molecule has 0 aliphatic carbocycles. The lowest BCUT2D eigenvalue weighted by atomic mass is 9.86. The van der Waals surface area contributed by atoms with Gasteiger partial charge in [0.2, 0.25) is 5.78 Å². The maximum Gasteiger partial charge on any atom is 0.386 e. The summed E-state index contributed by atoms with van der Waals surface area (Å²) < 4.78 is 33.5. The summed E-state index contributed by atoms with van der Waals surface area (Å²) in [4.78, 5) is 25.0. The second-order valence-electron chi connectivity index (χ2n) is 6.64. The van der Waals surface area contributed by atoms with Gasteiger partial charge in [-0.3, -0.25) is 9.59 Å². The molecular weight excluding hydrogens is 304 g/mol. The topological polar surface area (TPSA) is 46.6 Å². The average Bonchev–Trinajstić information content (AvgIpc) is 2.53. The van der Waals surface area contributed by atoms with Crippen molar-refractivity contribution in [2.75, 3.05) is 26.3 Å². The fraction of sp³-hybridized carbons (Fsp3) is 0.529. The maximum absolute atomic E-state index is 14.2. The standard InChI is InChI=1S/C17H21F2NO3/c1-16(2,3)13-6-4-12(5-7-13)14(21)17(18,19)15(22)20-8-10-23-11-9-20/h4-7H,8-11H2,1-3H3. The van der Waals surface area contributed by atoms with E-state index in [-0.39, 0.29) is 37.3 Å². The number of benzene rings is 1. The molecule has 0 N–H and O–H groups in total. The number of amides is 1. The Morgan fingerprint density at radius 2 is 1.57 bits per heavy atom. The molecule has 0 bridgehead atoms. The molecule has 1 saturated heterocycles. The minimum atomic E-state index is -4.05. The molecule has 1 aromatic rings. The van der Waals surface area contributed by atoms with Crippen LogP contribution in [0.3, 0.4) is 0 Å². The molecule has 1 fully saturated rings. The van der Waals surface area contributed by atoms with Gasteiger partial charge in [0, 0.05) is 18.7 Å². The molecule has 1 aliphatic heterocycles. The highest BCUT2D eigenvalue weighted by molar-refractivity contribution is 6.15. The highest BCUT2D eigenvalue weighted by Gasteiger charge is 2.50. The molecule has 1 aromatic carbocycles. The molecule has 0 spiro atoms. The second kappa shape index (κ2) is 6.35. The zero-order chi connectivity index (χ0) is 17.3. The van der Waals surface area contributed by atoms with Crippen LogP contribution < -0.4 is 0 Å². The van der Waals surface area contributed by atoms with E-state index >= 15 is 0 Å². The molecule has 1 heterocycles. The fourth-order valence-corrected chi connectivity index (χ4v) is 2.37. The van der Waals surface area contributed by atoms with Gasteiger partial charge in [0.05, 0.1) is 13.2 Å². The zero-order valence-electron chi connectivity index (χ0n) is 13.6. The average molecular weight is 325 g/mol. The van der Waals surface area contributed by atoms with Gasteiger partial charge in [0.1, 0.15) is 0 Å². The summed E-state index contributed by atoms with van der Waals surface area (Å²) in [7, 11) is 0. The molecule has 0 saturated carbocycles. The predicted molar refractivity (Wildman–Crippen MR) is 81.8 cm³/mol. The Kier molecular flexibility index (Phi) is 4.84. The number of alkyl halides is 2. The number of carbonyl (C=O) groups is 2. The molecule has 4 nitrogen and oxygen atoms in total. The van der Waals surface area contributed by atoms with Crippen molar-refractivity contribution in [1.82, 2.24) is 4.90 Å². The molecule has 0 radical (unpaired) electrons. The Balaban J connectivity index is 2.18. The SMILES string of the molecule is CC(C)(C)c1ccc(C(=O)C(F)(F)C(=O)N2CCOCC2)cc1. The molecule has 0 unspecified atom stereocenters. The van der Waals surface area contributed by atoms with E-state index in [9.17, 15) is 18.4 Å². The summed E-state index contributed by atoms with van der Waals surface area (Å²) >= 11 is 0. The predicted octanol–water partition coefficient (Wildman–Crippen LogP) is 2.66.